The lowest BCUT2D eigenvalue weighted by atomic mass is 9.97. The lowest BCUT2D eigenvalue weighted by Crippen LogP contribution is -2.10. The smallest absolute Gasteiger partial charge is 0.143 e. The van der Waals surface area contributed by atoms with Gasteiger partial charge in [-0.1, -0.05) is 176 Å². The summed E-state index contributed by atoms with van der Waals surface area (Å²) < 4.78 is 8.88. The number of fused-ring (bicyclic) bond motifs is 9. The Bertz CT molecular complexity index is 3900. The molecule has 2 heterocycles. The fourth-order valence-corrected chi connectivity index (χ4v) is 10.1. The van der Waals surface area contributed by atoms with E-state index in [1.165, 1.54) is 54.5 Å². The molecule has 0 aliphatic heterocycles. The number of aromatic nitrogens is 1. The third-order valence-corrected chi connectivity index (χ3v) is 13.2. The maximum absolute atomic E-state index is 6.47. The summed E-state index contributed by atoms with van der Waals surface area (Å²) in [7, 11) is 0. The molecule has 0 spiro atoms. The topological polar surface area (TPSA) is 21.3 Å². The van der Waals surface area contributed by atoms with Crippen LogP contribution in [0.15, 0.2) is 247 Å². The van der Waals surface area contributed by atoms with E-state index < -0.39 is 0 Å². The van der Waals surface area contributed by atoms with Gasteiger partial charge in [-0.05, 0) is 111 Å². The molecule has 0 bridgehead atoms. The molecule has 11 aromatic carbocycles. The van der Waals surface area contributed by atoms with Crippen molar-refractivity contribution in [2.45, 2.75) is 0 Å². The molecule has 0 saturated carbocycles. The van der Waals surface area contributed by atoms with Crippen LogP contribution in [0.3, 0.4) is 0 Å². The molecule has 3 nitrogen and oxygen atoms in total. The number of anilines is 3. The summed E-state index contributed by atoms with van der Waals surface area (Å²) in [5.41, 5.74) is 15.4. The summed E-state index contributed by atoms with van der Waals surface area (Å²) in [4.78, 5) is 2.37. The highest BCUT2D eigenvalue weighted by molar-refractivity contribution is 6.11. The van der Waals surface area contributed by atoms with Crippen LogP contribution in [-0.2, 0) is 0 Å². The van der Waals surface area contributed by atoms with Crippen LogP contribution in [0.1, 0.15) is 0 Å². The molecule has 0 atom stereocenters. The molecular formula is C62H40N2O. The minimum atomic E-state index is 0.901. The van der Waals surface area contributed by atoms with Crippen LogP contribution in [-0.4, -0.2) is 4.57 Å². The van der Waals surface area contributed by atoms with E-state index in [-0.39, 0.29) is 0 Å². The van der Waals surface area contributed by atoms with Crippen LogP contribution in [0.4, 0.5) is 17.1 Å². The normalized spacial score (nSPS) is 11.7. The van der Waals surface area contributed by atoms with E-state index in [1.54, 1.807) is 0 Å². The van der Waals surface area contributed by atoms with E-state index in [0.29, 0.717) is 0 Å². The second kappa shape index (κ2) is 15.0. The van der Waals surface area contributed by atoms with Gasteiger partial charge in [0, 0.05) is 49.7 Å². The van der Waals surface area contributed by atoms with Gasteiger partial charge in [-0.15, -0.1) is 0 Å². The third-order valence-electron chi connectivity index (χ3n) is 13.2. The Kier molecular flexibility index (Phi) is 8.53. The minimum Gasteiger partial charge on any atom is -0.455 e. The Morgan fingerprint density at radius 3 is 1.62 bits per heavy atom. The molecule has 0 aliphatic rings. The lowest BCUT2D eigenvalue weighted by molar-refractivity contribution is 0.670. The van der Waals surface area contributed by atoms with Crippen molar-refractivity contribution >= 4 is 82.4 Å². The molecule has 304 valence electrons. The first-order chi connectivity index (χ1) is 32.2. The average molecular weight is 829 g/mol. The number of rotatable bonds is 7. The van der Waals surface area contributed by atoms with Crippen molar-refractivity contribution in [3.8, 4) is 39.1 Å². The molecule has 0 aliphatic carbocycles. The Labute approximate surface area is 376 Å². The standard InChI is InChI=1S/C62H40N2O/c1-2-16-50-41(13-1)27-28-46-39-45(33-38-51(46)50)44-14-11-15-49(40-44)63(48-36-31-43(32-37-48)53-21-12-22-57-56-20-6-10-26-61(56)65-62(53)57)47-34-29-42(30-35-47)52-17-3-7-23-58(52)64-59-24-8-4-18-54(59)55-19-5-9-25-60(55)64/h1-40H. The van der Waals surface area contributed by atoms with E-state index in [0.717, 1.165) is 66.9 Å². The van der Waals surface area contributed by atoms with Crippen molar-refractivity contribution < 1.29 is 4.42 Å². The van der Waals surface area contributed by atoms with Crippen molar-refractivity contribution in [3.63, 3.8) is 0 Å². The SMILES string of the molecule is c1cc(-c2ccc3c(ccc4ccccc43)c2)cc(N(c2ccc(-c3ccccc3-n3c4ccccc4c4ccccc43)cc2)c2ccc(-c3cccc4c3oc3ccccc34)cc2)c1. The van der Waals surface area contributed by atoms with E-state index in [9.17, 15) is 0 Å². The second-order valence-electron chi connectivity index (χ2n) is 16.9. The molecule has 2 aromatic heterocycles. The fraction of sp³-hybridized carbons (Fsp3) is 0. The predicted molar refractivity (Wildman–Crippen MR) is 274 cm³/mol. The molecule has 0 N–H and O–H groups in total. The molecule has 65 heavy (non-hydrogen) atoms. The zero-order valence-electron chi connectivity index (χ0n) is 35.4. The minimum absolute atomic E-state index is 0.901. The molecule has 0 amide bonds. The van der Waals surface area contributed by atoms with Gasteiger partial charge in [0.05, 0.1) is 16.7 Å². The molecular weight excluding hydrogens is 789 g/mol. The number of nitrogens with zero attached hydrogens (tertiary/aromatic N) is 2. The van der Waals surface area contributed by atoms with Gasteiger partial charge in [0.15, 0.2) is 0 Å². The summed E-state index contributed by atoms with van der Waals surface area (Å²) in [6.07, 6.45) is 0. The highest BCUT2D eigenvalue weighted by Gasteiger charge is 2.19. The van der Waals surface area contributed by atoms with E-state index in [1.807, 2.05) is 12.1 Å². The van der Waals surface area contributed by atoms with Gasteiger partial charge < -0.3 is 13.9 Å². The Morgan fingerprint density at radius 1 is 0.308 bits per heavy atom. The summed E-state index contributed by atoms with van der Waals surface area (Å²) >= 11 is 0. The van der Waals surface area contributed by atoms with Gasteiger partial charge in [-0.3, -0.25) is 0 Å². The molecule has 0 unspecified atom stereocenters. The van der Waals surface area contributed by atoms with Crippen molar-refractivity contribution in [2.75, 3.05) is 4.90 Å². The molecule has 13 rings (SSSR count). The molecule has 3 heteroatoms. The number of para-hydroxylation sites is 5. The summed E-state index contributed by atoms with van der Waals surface area (Å²) in [5.74, 6) is 0. The van der Waals surface area contributed by atoms with Crippen molar-refractivity contribution in [1.29, 1.82) is 0 Å². The molecule has 0 fully saturated rings. The predicted octanol–water partition coefficient (Wildman–Crippen LogP) is 17.5. The van der Waals surface area contributed by atoms with Gasteiger partial charge in [-0.2, -0.15) is 0 Å². The Hall–Kier alpha value is -8.66. The zero-order chi connectivity index (χ0) is 42.8. The maximum atomic E-state index is 6.47. The van der Waals surface area contributed by atoms with Crippen LogP contribution >= 0.6 is 0 Å². The third kappa shape index (κ3) is 6.12. The van der Waals surface area contributed by atoms with E-state index >= 15 is 0 Å². The maximum Gasteiger partial charge on any atom is 0.143 e. The van der Waals surface area contributed by atoms with E-state index in [2.05, 4.69) is 240 Å². The highest BCUT2D eigenvalue weighted by Crippen LogP contribution is 2.42. The zero-order valence-corrected chi connectivity index (χ0v) is 35.4. The van der Waals surface area contributed by atoms with Gasteiger partial charge in [-0.25, -0.2) is 0 Å². The van der Waals surface area contributed by atoms with Crippen molar-refractivity contribution in [3.05, 3.63) is 243 Å². The second-order valence-corrected chi connectivity index (χ2v) is 16.9. The number of benzene rings is 11. The Morgan fingerprint density at radius 2 is 0.846 bits per heavy atom. The van der Waals surface area contributed by atoms with Crippen LogP contribution in [0.25, 0.3) is 104 Å². The van der Waals surface area contributed by atoms with Crippen molar-refractivity contribution in [1.82, 2.24) is 4.57 Å². The van der Waals surface area contributed by atoms with Crippen LogP contribution in [0, 0.1) is 0 Å². The van der Waals surface area contributed by atoms with Crippen LogP contribution in [0.2, 0.25) is 0 Å². The fourth-order valence-electron chi connectivity index (χ4n) is 10.1. The summed E-state index contributed by atoms with van der Waals surface area (Å²) in [5, 5.41) is 9.80. The first-order valence-electron chi connectivity index (χ1n) is 22.2. The van der Waals surface area contributed by atoms with E-state index in [4.69, 9.17) is 4.42 Å². The summed E-state index contributed by atoms with van der Waals surface area (Å²) in [6.45, 7) is 0. The first kappa shape index (κ1) is 36.9. The highest BCUT2D eigenvalue weighted by atomic mass is 16.3. The Balaban J connectivity index is 0.927. The quantitative estimate of drug-likeness (QED) is 0.149. The monoisotopic (exact) mass is 828 g/mol. The largest absolute Gasteiger partial charge is 0.455 e. The average Bonchev–Trinajstić information content (AvgIpc) is 3.93. The number of furan rings is 1. The van der Waals surface area contributed by atoms with Gasteiger partial charge in [0.1, 0.15) is 11.2 Å². The van der Waals surface area contributed by atoms with Crippen LogP contribution in [0.5, 0.6) is 0 Å². The number of hydrogen-bond donors (Lipinski definition) is 0. The van der Waals surface area contributed by atoms with Gasteiger partial charge >= 0.3 is 0 Å². The molecule has 0 saturated heterocycles. The first-order valence-corrected chi connectivity index (χ1v) is 22.2. The van der Waals surface area contributed by atoms with Gasteiger partial charge in [0.2, 0.25) is 0 Å². The van der Waals surface area contributed by atoms with Crippen molar-refractivity contribution in [2.24, 2.45) is 0 Å². The summed E-state index contributed by atoms with van der Waals surface area (Å²) in [6, 6.07) is 87.7. The van der Waals surface area contributed by atoms with Crippen LogP contribution < -0.4 is 4.90 Å². The number of hydrogen-bond acceptors (Lipinski definition) is 2. The lowest BCUT2D eigenvalue weighted by Gasteiger charge is -2.26. The molecule has 13 aromatic rings. The van der Waals surface area contributed by atoms with Gasteiger partial charge in [0.25, 0.3) is 0 Å². The molecule has 0 radical (unpaired) electrons.